The number of nitrogens with zero attached hydrogens (tertiary/aromatic N) is 1. The van der Waals surface area contributed by atoms with Gasteiger partial charge in [0.1, 0.15) is 0 Å². The van der Waals surface area contributed by atoms with E-state index in [9.17, 15) is 13.2 Å². The summed E-state index contributed by atoms with van der Waals surface area (Å²) < 4.78 is 47.3. The Labute approximate surface area is 136 Å². The average Bonchev–Trinajstić information content (AvgIpc) is 2.50. The average molecular weight is 339 g/mol. The van der Waals surface area contributed by atoms with Gasteiger partial charge in [-0.2, -0.15) is 13.2 Å². The first-order valence-electron chi connectivity index (χ1n) is 8.25. The van der Waals surface area contributed by atoms with E-state index < -0.39 is 12.6 Å². The SMILES string of the molecule is CCNC(=NCCCOCC1CCOCC1)NCCC(F)(F)F. The Kier molecular flexibility index (Phi) is 10.0. The predicted molar refractivity (Wildman–Crippen MR) is 83.6 cm³/mol. The van der Waals surface area contributed by atoms with Crippen LogP contribution >= 0.6 is 0 Å². The normalized spacial score (nSPS) is 17.3. The Hall–Kier alpha value is -1.02. The molecule has 0 radical (unpaired) electrons. The molecule has 0 amide bonds. The highest BCUT2D eigenvalue weighted by Gasteiger charge is 2.26. The molecule has 0 bridgehead atoms. The molecule has 0 aromatic heterocycles. The van der Waals surface area contributed by atoms with Crippen molar-refractivity contribution in [1.29, 1.82) is 0 Å². The third-order valence-corrected chi connectivity index (χ3v) is 3.46. The molecule has 1 fully saturated rings. The number of ether oxygens (including phenoxy) is 2. The largest absolute Gasteiger partial charge is 0.390 e. The lowest BCUT2D eigenvalue weighted by Gasteiger charge is -2.21. The second-order valence-electron chi connectivity index (χ2n) is 5.54. The fourth-order valence-corrected chi connectivity index (χ4v) is 2.18. The van der Waals surface area contributed by atoms with E-state index in [0.717, 1.165) is 39.1 Å². The Morgan fingerprint density at radius 1 is 1.26 bits per heavy atom. The molecule has 0 atom stereocenters. The van der Waals surface area contributed by atoms with E-state index in [1.54, 1.807) is 0 Å². The molecule has 136 valence electrons. The molecule has 0 aromatic rings. The standard InChI is InChI=1S/C15H28F3N3O2/c1-2-19-14(21-8-6-15(16,17)18)20-7-3-9-23-12-13-4-10-22-11-5-13/h13H,2-12H2,1H3,(H2,19,20,21). The zero-order valence-electron chi connectivity index (χ0n) is 13.8. The number of hydrogen-bond donors (Lipinski definition) is 2. The van der Waals surface area contributed by atoms with Gasteiger partial charge in [0.15, 0.2) is 5.96 Å². The summed E-state index contributed by atoms with van der Waals surface area (Å²) in [6.45, 7) is 5.82. The lowest BCUT2D eigenvalue weighted by Crippen LogP contribution is -2.39. The van der Waals surface area contributed by atoms with Crippen LogP contribution in [0.1, 0.15) is 32.6 Å². The molecule has 0 spiro atoms. The Balaban J connectivity index is 2.10. The smallest absolute Gasteiger partial charge is 0.381 e. The lowest BCUT2D eigenvalue weighted by molar-refractivity contribution is -0.132. The highest BCUT2D eigenvalue weighted by Crippen LogP contribution is 2.18. The van der Waals surface area contributed by atoms with E-state index in [1.165, 1.54) is 0 Å². The summed E-state index contributed by atoms with van der Waals surface area (Å²) in [7, 11) is 0. The monoisotopic (exact) mass is 339 g/mol. The summed E-state index contributed by atoms with van der Waals surface area (Å²) in [6.07, 6.45) is -2.18. The van der Waals surface area contributed by atoms with Crippen molar-refractivity contribution in [3.05, 3.63) is 0 Å². The summed E-state index contributed by atoms with van der Waals surface area (Å²) >= 11 is 0. The minimum Gasteiger partial charge on any atom is -0.381 e. The van der Waals surface area contributed by atoms with Gasteiger partial charge in [-0.05, 0) is 32.1 Å². The maximum Gasteiger partial charge on any atom is 0.390 e. The van der Waals surface area contributed by atoms with Crippen LogP contribution in [0.2, 0.25) is 0 Å². The van der Waals surface area contributed by atoms with Crippen molar-refractivity contribution in [2.75, 3.05) is 46.1 Å². The molecule has 0 aromatic carbocycles. The summed E-state index contributed by atoms with van der Waals surface area (Å²) in [6, 6.07) is 0. The van der Waals surface area contributed by atoms with E-state index in [1.807, 2.05) is 6.92 Å². The molecule has 2 N–H and O–H groups in total. The third-order valence-electron chi connectivity index (χ3n) is 3.46. The Morgan fingerprint density at radius 3 is 2.65 bits per heavy atom. The van der Waals surface area contributed by atoms with Crippen molar-refractivity contribution >= 4 is 5.96 Å². The summed E-state index contributed by atoms with van der Waals surface area (Å²) in [4.78, 5) is 4.24. The highest BCUT2D eigenvalue weighted by molar-refractivity contribution is 5.79. The fourth-order valence-electron chi connectivity index (χ4n) is 2.18. The number of nitrogens with one attached hydrogen (secondary N) is 2. The van der Waals surface area contributed by atoms with Crippen molar-refractivity contribution in [3.8, 4) is 0 Å². The van der Waals surface area contributed by atoms with Gasteiger partial charge in [-0.15, -0.1) is 0 Å². The van der Waals surface area contributed by atoms with Crippen molar-refractivity contribution in [3.63, 3.8) is 0 Å². The van der Waals surface area contributed by atoms with E-state index in [-0.39, 0.29) is 6.54 Å². The van der Waals surface area contributed by atoms with Crippen LogP contribution in [0.25, 0.3) is 0 Å². The van der Waals surface area contributed by atoms with Gasteiger partial charge < -0.3 is 20.1 Å². The quantitative estimate of drug-likeness (QED) is 0.385. The first-order chi connectivity index (χ1) is 11.0. The van der Waals surface area contributed by atoms with Crippen LogP contribution in [0.3, 0.4) is 0 Å². The molecule has 0 aliphatic carbocycles. The number of guanidine groups is 1. The zero-order chi connectivity index (χ0) is 17.0. The number of hydrogen-bond acceptors (Lipinski definition) is 3. The number of halogens is 3. The van der Waals surface area contributed by atoms with Gasteiger partial charge in [0.05, 0.1) is 6.42 Å². The molecular formula is C15H28F3N3O2. The van der Waals surface area contributed by atoms with E-state index >= 15 is 0 Å². The van der Waals surface area contributed by atoms with Crippen molar-refractivity contribution in [2.24, 2.45) is 10.9 Å². The highest BCUT2D eigenvalue weighted by atomic mass is 19.4. The maximum absolute atomic E-state index is 12.1. The molecule has 23 heavy (non-hydrogen) atoms. The first kappa shape index (κ1) is 20.0. The fraction of sp³-hybridized carbons (Fsp3) is 0.933. The van der Waals surface area contributed by atoms with Crippen LogP contribution in [-0.2, 0) is 9.47 Å². The number of alkyl halides is 3. The van der Waals surface area contributed by atoms with Gasteiger partial charge in [0.2, 0.25) is 0 Å². The third kappa shape index (κ3) is 11.2. The van der Waals surface area contributed by atoms with E-state index in [0.29, 0.717) is 31.6 Å². The van der Waals surface area contributed by atoms with Crippen molar-refractivity contribution in [1.82, 2.24) is 10.6 Å². The van der Waals surface area contributed by atoms with Gasteiger partial charge in [0, 0.05) is 46.1 Å². The second-order valence-corrected chi connectivity index (χ2v) is 5.54. The molecule has 1 heterocycles. The summed E-state index contributed by atoms with van der Waals surface area (Å²) in [5, 5.41) is 5.61. The van der Waals surface area contributed by atoms with Crippen LogP contribution in [0, 0.1) is 5.92 Å². The van der Waals surface area contributed by atoms with Crippen molar-refractivity contribution < 1.29 is 22.6 Å². The van der Waals surface area contributed by atoms with Gasteiger partial charge in [0.25, 0.3) is 0 Å². The second kappa shape index (κ2) is 11.5. The molecule has 0 saturated carbocycles. The maximum atomic E-state index is 12.1. The molecule has 8 heteroatoms. The van der Waals surface area contributed by atoms with E-state index in [4.69, 9.17) is 9.47 Å². The molecule has 1 aliphatic heterocycles. The molecule has 1 saturated heterocycles. The molecule has 0 unspecified atom stereocenters. The summed E-state index contributed by atoms with van der Waals surface area (Å²) in [5.74, 6) is 0.995. The number of rotatable bonds is 9. The first-order valence-corrected chi connectivity index (χ1v) is 8.25. The number of aliphatic imine (C=N–C) groups is 1. The minimum atomic E-state index is -4.15. The zero-order valence-corrected chi connectivity index (χ0v) is 13.8. The topological polar surface area (TPSA) is 54.9 Å². The molecule has 5 nitrogen and oxygen atoms in total. The van der Waals surface area contributed by atoms with Crippen molar-refractivity contribution in [2.45, 2.75) is 38.8 Å². The molecule has 1 aliphatic rings. The lowest BCUT2D eigenvalue weighted by atomic mass is 10.0. The van der Waals surface area contributed by atoms with Crippen LogP contribution in [0.5, 0.6) is 0 Å². The van der Waals surface area contributed by atoms with E-state index in [2.05, 4.69) is 15.6 Å². The predicted octanol–water partition coefficient (Wildman–Crippen LogP) is 2.33. The molecular weight excluding hydrogens is 311 g/mol. The molecule has 1 rings (SSSR count). The van der Waals surface area contributed by atoms with Gasteiger partial charge in [-0.3, -0.25) is 4.99 Å². The Morgan fingerprint density at radius 2 is 2.00 bits per heavy atom. The minimum absolute atomic E-state index is 0.171. The van der Waals surface area contributed by atoms with Gasteiger partial charge >= 0.3 is 6.18 Å². The summed E-state index contributed by atoms with van der Waals surface area (Å²) in [5.41, 5.74) is 0. The van der Waals surface area contributed by atoms with Crippen LogP contribution in [0.4, 0.5) is 13.2 Å². The van der Waals surface area contributed by atoms with Gasteiger partial charge in [-0.25, -0.2) is 0 Å². The van der Waals surface area contributed by atoms with Crippen LogP contribution in [-0.4, -0.2) is 58.2 Å². The van der Waals surface area contributed by atoms with Crippen LogP contribution < -0.4 is 10.6 Å². The van der Waals surface area contributed by atoms with Crippen LogP contribution in [0.15, 0.2) is 4.99 Å². The van der Waals surface area contributed by atoms with Gasteiger partial charge in [-0.1, -0.05) is 0 Å². The Bertz CT molecular complexity index is 332.